The quantitative estimate of drug-likeness (QED) is 0.467. The summed E-state index contributed by atoms with van der Waals surface area (Å²) in [6, 6.07) is 4.99. The highest BCUT2D eigenvalue weighted by molar-refractivity contribution is 6.30. The molecular weight excluding hydrogens is 240 g/mol. The molecule has 0 aliphatic carbocycles. The third-order valence-corrected chi connectivity index (χ3v) is 2.26. The Balaban J connectivity index is 2.62. The van der Waals surface area contributed by atoms with Gasteiger partial charge in [0.25, 0.3) is 0 Å². The van der Waals surface area contributed by atoms with Crippen LogP contribution in [0.15, 0.2) is 18.2 Å². The summed E-state index contributed by atoms with van der Waals surface area (Å²) in [6.07, 6.45) is 0.172. The zero-order valence-corrected chi connectivity index (χ0v) is 10.8. The molecule has 5 heteroatoms. The topological polar surface area (TPSA) is 68.3 Å². The Morgan fingerprint density at radius 3 is 2.71 bits per heavy atom. The lowest BCUT2D eigenvalue weighted by atomic mass is 10.2. The van der Waals surface area contributed by atoms with E-state index >= 15 is 0 Å². The molecule has 0 atom stereocenters. The molecule has 1 rings (SSSR count). The van der Waals surface area contributed by atoms with Crippen LogP contribution in [0.4, 0.5) is 0 Å². The predicted octanol–water partition coefficient (Wildman–Crippen LogP) is 2.43. The number of benzene rings is 1. The summed E-state index contributed by atoms with van der Waals surface area (Å²) >= 11 is 5.86. The highest BCUT2D eigenvalue weighted by Gasteiger charge is 2.07. The zero-order valence-electron chi connectivity index (χ0n) is 10.00. The van der Waals surface area contributed by atoms with Gasteiger partial charge in [0.1, 0.15) is 18.2 Å². The molecule has 0 radical (unpaired) electrons. The maximum absolute atomic E-state index is 7.42. The van der Waals surface area contributed by atoms with Gasteiger partial charge in [-0.15, -0.1) is 0 Å². The number of nitrogens with two attached hydrogens (primary N) is 1. The van der Waals surface area contributed by atoms with E-state index in [1.165, 1.54) is 0 Å². The van der Waals surface area contributed by atoms with E-state index in [4.69, 9.17) is 32.2 Å². The fourth-order valence-corrected chi connectivity index (χ4v) is 1.44. The van der Waals surface area contributed by atoms with Crippen molar-refractivity contribution in [2.45, 2.75) is 20.0 Å². The van der Waals surface area contributed by atoms with Gasteiger partial charge >= 0.3 is 0 Å². The van der Waals surface area contributed by atoms with E-state index in [1.807, 2.05) is 13.8 Å². The maximum Gasteiger partial charge on any atom is 0.131 e. The molecule has 17 heavy (non-hydrogen) atoms. The minimum atomic E-state index is -0.0403. The van der Waals surface area contributed by atoms with Crippen LogP contribution in [0.5, 0.6) is 5.75 Å². The van der Waals surface area contributed by atoms with E-state index < -0.39 is 0 Å². The average Bonchev–Trinajstić information content (AvgIpc) is 2.23. The SMILES string of the molecule is CC(C)OCCOc1cc(Cl)ccc1C(=N)N. The van der Waals surface area contributed by atoms with E-state index in [2.05, 4.69) is 0 Å². The summed E-state index contributed by atoms with van der Waals surface area (Å²) in [6.45, 7) is 4.81. The van der Waals surface area contributed by atoms with Crippen molar-refractivity contribution < 1.29 is 9.47 Å². The van der Waals surface area contributed by atoms with Crippen LogP contribution in [-0.2, 0) is 4.74 Å². The minimum absolute atomic E-state index is 0.0403. The first-order valence-corrected chi connectivity index (χ1v) is 5.77. The van der Waals surface area contributed by atoms with Crippen LogP contribution in [0.1, 0.15) is 19.4 Å². The number of hydrogen-bond acceptors (Lipinski definition) is 3. The Labute approximate surface area is 106 Å². The van der Waals surface area contributed by atoms with Crippen molar-refractivity contribution >= 4 is 17.4 Å². The van der Waals surface area contributed by atoms with Crippen LogP contribution < -0.4 is 10.5 Å². The smallest absolute Gasteiger partial charge is 0.131 e. The lowest BCUT2D eigenvalue weighted by molar-refractivity contribution is 0.0552. The van der Waals surface area contributed by atoms with E-state index in [0.717, 1.165) is 0 Å². The summed E-state index contributed by atoms with van der Waals surface area (Å²) in [5.41, 5.74) is 5.99. The Bertz CT molecular complexity index is 394. The van der Waals surface area contributed by atoms with E-state index in [-0.39, 0.29) is 11.9 Å². The van der Waals surface area contributed by atoms with Crippen molar-refractivity contribution in [2.75, 3.05) is 13.2 Å². The van der Waals surface area contributed by atoms with Gasteiger partial charge in [-0.1, -0.05) is 11.6 Å². The predicted molar refractivity (Wildman–Crippen MR) is 69.1 cm³/mol. The van der Waals surface area contributed by atoms with Crippen molar-refractivity contribution in [3.63, 3.8) is 0 Å². The number of amidine groups is 1. The number of ether oxygens (including phenoxy) is 2. The third-order valence-electron chi connectivity index (χ3n) is 2.03. The second-order valence-electron chi connectivity index (χ2n) is 3.82. The second-order valence-corrected chi connectivity index (χ2v) is 4.26. The van der Waals surface area contributed by atoms with Crippen LogP contribution in [0.25, 0.3) is 0 Å². The van der Waals surface area contributed by atoms with E-state index in [0.29, 0.717) is 29.5 Å². The molecule has 0 fully saturated rings. The van der Waals surface area contributed by atoms with Gasteiger partial charge in [0.05, 0.1) is 18.3 Å². The standard InChI is InChI=1S/C12H17ClN2O2/c1-8(2)16-5-6-17-11-7-9(13)3-4-10(11)12(14)15/h3-4,7-8H,5-6H2,1-2H3,(H3,14,15). The molecule has 1 aromatic rings. The Morgan fingerprint density at radius 2 is 2.12 bits per heavy atom. The molecule has 1 aromatic carbocycles. The van der Waals surface area contributed by atoms with Crippen molar-refractivity contribution in [1.29, 1.82) is 5.41 Å². The van der Waals surface area contributed by atoms with Gasteiger partial charge in [-0.25, -0.2) is 0 Å². The summed E-state index contributed by atoms with van der Waals surface area (Å²) < 4.78 is 10.9. The van der Waals surface area contributed by atoms with Crippen molar-refractivity contribution in [2.24, 2.45) is 5.73 Å². The van der Waals surface area contributed by atoms with Crippen LogP contribution >= 0.6 is 11.6 Å². The van der Waals surface area contributed by atoms with Crippen LogP contribution in [-0.4, -0.2) is 25.2 Å². The third kappa shape index (κ3) is 4.63. The molecule has 0 aliphatic rings. The molecule has 4 nitrogen and oxygen atoms in total. The molecule has 0 aliphatic heterocycles. The van der Waals surface area contributed by atoms with Gasteiger partial charge in [0.15, 0.2) is 0 Å². The molecule has 0 bridgehead atoms. The van der Waals surface area contributed by atoms with Gasteiger partial charge < -0.3 is 15.2 Å². The highest BCUT2D eigenvalue weighted by Crippen LogP contribution is 2.22. The summed E-state index contributed by atoms with van der Waals surface area (Å²) in [7, 11) is 0. The molecule has 94 valence electrons. The zero-order chi connectivity index (χ0) is 12.8. The summed E-state index contributed by atoms with van der Waals surface area (Å²) in [5, 5.41) is 7.97. The van der Waals surface area contributed by atoms with Crippen molar-refractivity contribution in [3.8, 4) is 5.75 Å². The molecule has 0 saturated carbocycles. The van der Waals surface area contributed by atoms with Crippen molar-refractivity contribution in [1.82, 2.24) is 0 Å². The number of rotatable bonds is 6. The molecule has 0 unspecified atom stereocenters. The minimum Gasteiger partial charge on any atom is -0.490 e. The molecule has 0 amide bonds. The molecule has 0 saturated heterocycles. The monoisotopic (exact) mass is 256 g/mol. The van der Waals surface area contributed by atoms with Gasteiger partial charge in [0.2, 0.25) is 0 Å². The molecule has 0 spiro atoms. The fraction of sp³-hybridized carbons (Fsp3) is 0.417. The highest BCUT2D eigenvalue weighted by atomic mass is 35.5. The summed E-state index contributed by atoms with van der Waals surface area (Å²) in [4.78, 5) is 0. The van der Waals surface area contributed by atoms with Gasteiger partial charge in [0, 0.05) is 5.02 Å². The van der Waals surface area contributed by atoms with Crippen LogP contribution in [0, 0.1) is 5.41 Å². The number of nitrogens with one attached hydrogen (secondary N) is 1. The lowest BCUT2D eigenvalue weighted by Crippen LogP contribution is -2.16. The van der Waals surface area contributed by atoms with Gasteiger partial charge in [-0.2, -0.15) is 0 Å². The fourth-order valence-electron chi connectivity index (χ4n) is 1.27. The maximum atomic E-state index is 7.42. The largest absolute Gasteiger partial charge is 0.490 e. The number of hydrogen-bond donors (Lipinski definition) is 2. The Hall–Kier alpha value is -1.26. The Morgan fingerprint density at radius 1 is 1.41 bits per heavy atom. The Kier molecular flexibility index (Phi) is 5.25. The van der Waals surface area contributed by atoms with E-state index in [9.17, 15) is 0 Å². The van der Waals surface area contributed by atoms with Crippen LogP contribution in [0.2, 0.25) is 5.02 Å². The molecule has 0 heterocycles. The van der Waals surface area contributed by atoms with Crippen LogP contribution in [0.3, 0.4) is 0 Å². The second kappa shape index (κ2) is 6.47. The van der Waals surface area contributed by atoms with Gasteiger partial charge in [-0.05, 0) is 32.0 Å². The average molecular weight is 257 g/mol. The molecule has 3 N–H and O–H groups in total. The first-order chi connectivity index (χ1) is 8.00. The first-order valence-electron chi connectivity index (χ1n) is 5.39. The molecular formula is C12H17ClN2O2. The lowest BCUT2D eigenvalue weighted by Gasteiger charge is -2.12. The summed E-state index contributed by atoms with van der Waals surface area (Å²) in [5.74, 6) is 0.471. The first kappa shape index (κ1) is 13.8. The van der Waals surface area contributed by atoms with Gasteiger partial charge in [-0.3, -0.25) is 5.41 Å². The van der Waals surface area contributed by atoms with Crippen molar-refractivity contribution in [3.05, 3.63) is 28.8 Å². The number of nitrogen functional groups attached to an aromatic ring is 1. The molecule has 0 aromatic heterocycles. The normalized spacial score (nSPS) is 10.6. The number of halogens is 1. The van der Waals surface area contributed by atoms with E-state index in [1.54, 1.807) is 18.2 Å².